The first-order valence-corrected chi connectivity index (χ1v) is 6.09. The second-order valence-electron chi connectivity index (χ2n) is 4.42. The number of hydrogen-bond acceptors (Lipinski definition) is 4. The number of aryl methyl sites for hydroxylation is 1. The number of pyridine rings is 1. The Kier molecular flexibility index (Phi) is 2.83. The molecule has 0 unspecified atom stereocenters. The number of rotatable bonds is 2. The quantitative estimate of drug-likeness (QED) is 0.321. The number of oxime groups is 1. The molecule has 100 valence electrons. The first-order chi connectivity index (χ1) is 9.70. The van der Waals surface area contributed by atoms with E-state index in [9.17, 15) is 0 Å². The topological polar surface area (TPSA) is 89.3 Å². The third kappa shape index (κ3) is 1.87. The summed E-state index contributed by atoms with van der Waals surface area (Å²) in [5, 5.41) is 17.3. The number of aromatic nitrogens is 3. The smallest absolute Gasteiger partial charge is 0.173 e. The van der Waals surface area contributed by atoms with E-state index in [-0.39, 0.29) is 5.84 Å². The van der Waals surface area contributed by atoms with Gasteiger partial charge in [-0.05, 0) is 25.1 Å². The molecule has 0 spiro atoms. The van der Waals surface area contributed by atoms with Gasteiger partial charge in [0.1, 0.15) is 0 Å². The van der Waals surface area contributed by atoms with Crippen molar-refractivity contribution in [2.45, 2.75) is 6.92 Å². The van der Waals surface area contributed by atoms with E-state index < -0.39 is 0 Å². The van der Waals surface area contributed by atoms with Crippen molar-refractivity contribution >= 4 is 16.7 Å². The van der Waals surface area contributed by atoms with Gasteiger partial charge < -0.3 is 10.9 Å². The monoisotopic (exact) mass is 267 g/mol. The summed E-state index contributed by atoms with van der Waals surface area (Å²) in [7, 11) is 0. The Morgan fingerprint density at radius 3 is 2.85 bits per heavy atom. The molecule has 3 N–H and O–H groups in total. The standard InChI is InChI=1S/C14H13N5O/c1-9-6-7-11(13(15)18-20)14(17-9)19-12-5-3-2-4-10(12)8-16-19/h2-8,20H,1H3,(H2,15,18). The van der Waals surface area contributed by atoms with E-state index in [1.165, 1.54) is 0 Å². The Labute approximate surface area is 115 Å². The number of nitrogens with zero attached hydrogens (tertiary/aromatic N) is 4. The summed E-state index contributed by atoms with van der Waals surface area (Å²) >= 11 is 0. The van der Waals surface area contributed by atoms with Crippen molar-refractivity contribution in [1.29, 1.82) is 0 Å². The van der Waals surface area contributed by atoms with E-state index in [1.807, 2.05) is 37.3 Å². The molecular formula is C14H13N5O. The highest BCUT2D eigenvalue weighted by molar-refractivity contribution is 6.00. The van der Waals surface area contributed by atoms with Gasteiger partial charge in [0.15, 0.2) is 11.7 Å². The van der Waals surface area contributed by atoms with Gasteiger partial charge in [-0.15, -0.1) is 0 Å². The molecule has 3 aromatic rings. The fraction of sp³-hybridized carbons (Fsp3) is 0.0714. The lowest BCUT2D eigenvalue weighted by Gasteiger charge is -2.09. The lowest BCUT2D eigenvalue weighted by atomic mass is 10.2. The van der Waals surface area contributed by atoms with Gasteiger partial charge in [0.2, 0.25) is 0 Å². The molecule has 6 heteroatoms. The maximum atomic E-state index is 8.90. The molecule has 0 aliphatic carbocycles. The molecule has 1 aromatic carbocycles. The van der Waals surface area contributed by atoms with E-state index in [4.69, 9.17) is 10.9 Å². The first kappa shape index (κ1) is 12.2. The van der Waals surface area contributed by atoms with Crippen LogP contribution in [0.3, 0.4) is 0 Å². The average molecular weight is 267 g/mol. The molecule has 0 fully saturated rings. The molecule has 0 aliphatic rings. The van der Waals surface area contributed by atoms with Crippen LogP contribution < -0.4 is 5.73 Å². The molecule has 2 heterocycles. The van der Waals surface area contributed by atoms with Gasteiger partial charge in [-0.25, -0.2) is 9.67 Å². The molecule has 0 atom stereocenters. The summed E-state index contributed by atoms with van der Waals surface area (Å²) in [5.41, 5.74) is 7.99. The Bertz CT molecular complexity index is 806. The number of para-hydroxylation sites is 1. The zero-order valence-corrected chi connectivity index (χ0v) is 10.9. The Hall–Kier alpha value is -2.89. The second kappa shape index (κ2) is 4.65. The van der Waals surface area contributed by atoms with Crippen LogP contribution >= 0.6 is 0 Å². The third-order valence-corrected chi connectivity index (χ3v) is 3.08. The van der Waals surface area contributed by atoms with E-state index in [1.54, 1.807) is 16.9 Å². The highest BCUT2D eigenvalue weighted by atomic mass is 16.4. The number of fused-ring (bicyclic) bond motifs is 1. The summed E-state index contributed by atoms with van der Waals surface area (Å²) in [6.07, 6.45) is 1.76. The fourth-order valence-electron chi connectivity index (χ4n) is 2.10. The van der Waals surface area contributed by atoms with Gasteiger partial charge in [-0.3, -0.25) is 0 Å². The number of hydrogen-bond donors (Lipinski definition) is 2. The van der Waals surface area contributed by atoms with Gasteiger partial charge in [0.25, 0.3) is 0 Å². The third-order valence-electron chi connectivity index (χ3n) is 3.08. The van der Waals surface area contributed by atoms with Gasteiger partial charge >= 0.3 is 0 Å². The summed E-state index contributed by atoms with van der Waals surface area (Å²) in [6, 6.07) is 11.4. The van der Waals surface area contributed by atoms with Crippen LogP contribution in [0.2, 0.25) is 0 Å². The molecule has 0 radical (unpaired) electrons. The largest absolute Gasteiger partial charge is 0.409 e. The minimum atomic E-state index is 0.00656. The minimum absolute atomic E-state index is 0.00656. The van der Waals surface area contributed by atoms with Crippen molar-refractivity contribution < 1.29 is 5.21 Å². The van der Waals surface area contributed by atoms with E-state index in [0.29, 0.717) is 11.4 Å². The van der Waals surface area contributed by atoms with Crippen LogP contribution in [0.25, 0.3) is 16.7 Å². The van der Waals surface area contributed by atoms with Crippen molar-refractivity contribution in [3.05, 3.63) is 53.9 Å². The predicted molar refractivity (Wildman–Crippen MR) is 76.1 cm³/mol. The van der Waals surface area contributed by atoms with E-state index in [0.717, 1.165) is 16.6 Å². The van der Waals surface area contributed by atoms with Crippen LogP contribution in [0.4, 0.5) is 0 Å². The van der Waals surface area contributed by atoms with Crippen LogP contribution in [0.1, 0.15) is 11.3 Å². The van der Waals surface area contributed by atoms with Crippen LogP contribution in [0, 0.1) is 6.92 Å². The number of amidine groups is 1. The summed E-state index contributed by atoms with van der Waals surface area (Å²) in [4.78, 5) is 4.46. The van der Waals surface area contributed by atoms with Crippen LogP contribution in [0.5, 0.6) is 0 Å². The normalized spacial score (nSPS) is 11.9. The molecule has 0 saturated carbocycles. The van der Waals surface area contributed by atoms with E-state index in [2.05, 4.69) is 15.2 Å². The van der Waals surface area contributed by atoms with Crippen LogP contribution in [-0.2, 0) is 0 Å². The van der Waals surface area contributed by atoms with Gasteiger partial charge in [-0.2, -0.15) is 5.10 Å². The highest BCUT2D eigenvalue weighted by Gasteiger charge is 2.14. The summed E-state index contributed by atoms with van der Waals surface area (Å²) < 4.78 is 1.69. The van der Waals surface area contributed by atoms with Crippen molar-refractivity contribution in [2.24, 2.45) is 10.9 Å². The fourth-order valence-corrected chi connectivity index (χ4v) is 2.10. The summed E-state index contributed by atoms with van der Waals surface area (Å²) in [6.45, 7) is 1.88. The Morgan fingerprint density at radius 1 is 1.25 bits per heavy atom. The lowest BCUT2D eigenvalue weighted by molar-refractivity contribution is 0.318. The highest BCUT2D eigenvalue weighted by Crippen LogP contribution is 2.19. The molecule has 20 heavy (non-hydrogen) atoms. The maximum Gasteiger partial charge on any atom is 0.173 e. The van der Waals surface area contributed by atoms with Crippen LogP contribution in [0.15, 0.2) is 47.8 Å². The zero-order chi connectivity index (χ0) is 14.1. The maximum absolute atomic E-state index is 8.90. The molecule has 0 saturated heterocycles. The molecule has 0 amide bonds. The number of nitrogens with two attached hydrogens (primary N) is 1. The van der Waals surface area contributed by atoms with Gasteiger partial charge in [0, 0.05) is 11.1 Å². The van der Waals surface area contributed by atoms with E-state index >= 15 is 0 Å². The molecule has 2 aromatic heterocycles. The van der Waals surface area contributed by atoms with Crippen molar-refractivity contribution in [2.75, 3.05) is 0 Å². The van der Waals surface area contributed by atoms with Crippen molar-refractivity contribution in [3.8, 4) is 5.82 Å². The Balaban J connectivity index is 2.31. The lowest BCUT2D eigenvalue weighted by Crippen LogP contribution is -2.18. The summed E-state index contributed by atoms with van der Waals surface area (Å²) in [5.74, 6) is 0.550. The Morgan fingerprint density at radius 2 is 2.05 bits per heavy atom. The number of benzene rings is 1. The average Bonchev–Trinajstić information content (AvgIpc) is 2.90. The van der Waals surface area contributed by atoms with Crippen molar-refractivity contribution in [3.63, 3.8) is 0 Å². The molecule has 6 nitrogen and oxygen atoms in total. The van der Waals surface area contributed by atoms with Gasteiger partial charge in [-0.1, -0.05) is 23.4 Å². The van der Waals surface area contributed by atoms with Gasteiger partial charge in [0.05, 0.1) is 17.3 Å². The zero-order valence-electron chi connectivity index (χ0n) is 10.9. The predicted octanol–water partition coefficient (Wildman–Crippen LogP) is 1.82. The molecule has 0 aliphatic heterocycles. The SMILES string of the molecule is Cc1ccc(C(N)=NO)c(-n2ncc3ccccc32)n1. The second-order valence-corrected chi connectivity index (χ2v) is 4.42. The van der Waals surface area contributed by atoms with Crippen molar-refractivity contribution in [1.82, 2.24) is 14.8 Å². The first-order valence-electron chi connectivity index (χ1n) is 6.09. The molecular weight excluding hydrogens is 254 g/mol. The van der Waals surface area contributed by atoms with Crippen LogP contribution in [-0.4, -0.2) is 25.8 Å². The molecule has 3 rings (SSSR count). The molecule has 0 bridgehead atoms. The minimum Gasteiger partial charge on any atom is -0.409 e.